The summed E-state index contributed by atoms with van der Waals surface area (Å²) >= 11 is 0. The molecule has 8 rings (SSSR count). The smallest absolute Gasteiger partial charge is 0.194 e. The van der Waals surface area contributed by atoms with Crippen LogP contribution >= 0.6 is 0 Å². The van der Waals surface area contributed by atoms with Crippen molar-refractivity contribution < 1.29 is 0 Å². The summed E-state index contributed by atoms with van der Waals surface area (Å²) < 4.78 is 0. The third kappa shape index (κ3) is 5.87. The maximum Gasteiger partial charge on any atom is 0.194 e. The maximum atomic E-state index is 9.79. The second-order valence-corrected chi connectivity index (χ2v) is 16.6. The Kier molecular flexibility index (Phi) is 8.39. The standard InChI is InChI=1S/C37H59N7/c1-25(2)33-20-40-35(38)43(33)22-31-11-8-12-41(31)21-32(16-27-9-6-5-7-10-27)42-23-34(26(3)4)44(36(42)39)24-37-17-28-13-29(18-37)15-30(14-28)19-37/h5-7,9-10,25-26,28-34,39H,8,11-24H2,1-4H3,(H2,38,40)/t28?,29?,30?,31-,32+,33-,34-,37?/m0/s1. The number of guanidine groups is 2. The fourth-order valence-corrected chi connectivity index (χ4v) is 11.0. The summed E-state index contributed by atoms with van der Waals surface area (Å²) in [6, 6.07) is 12.7. The van der Waals surface area contributed by atoms with Crippen LogP contribution in [0.15, 0.2) is 35.3 Å². The van der Waals surface area contributed by atoms with Crippen LogP contribution in [0.25, 0.3) is 0 Å². The first-order valence-corrected chi connectivity index (χ1v) is 18.1. The van der Waals surface area contributed by atoms with Gasteiger partial charge in [-0.05, 0) is 105 Å². The average Bonchev–Trinajstić information content (AvgIpc) is 3.66. The van der Waals surface area contributed by atoms with Crippen molar-refractivity contribution in [2.45, 2.75) is 110 Å². The minimum atomic E-state index is 0.290. The molecular weight excluding hydrogens is 542 g/mol. The van der Waals surface area contributed by atoms with E-state index >= 15 is 0 Å². The zero-order valence-electron chi connectivity index (χ0n) is 28.0. The predicted molar refractivity (Wildman–Crippen MR) is 181 cm³/mol. The molecule has 0 radical (unpaired) electrons. The molecule has 4 bridgehead atoms. The molecule has 2 saturated heterocycles. The van der Waals surface area contributed by atoms with Crippen LogP contribution in [0, 0.1) is 40.4 Å². The molecule has 0 spiro atoms. The van der Waals surface area contributed by atoms with Gasteiger partial charge >= 0.3 is 0 Å². The summed E-state index contributed by atoms with van der Waals surface area (Å²) in [6.45, 7) is 15.4. The van der Waals surface area contributed by atoms with Crippen LogP contribution in [0.5, 0.6) is 0 Å². The van der Waals surface area contributed by atoms with E-state index in [1.165, 1.54) is 56.9 Å². The highest BCUT2D eigenvalue weighted by atomic mass is 15.5. The van der Waals surface area contributed by atoms with Crippen LogP contribution < -0.4 is 5.73 Å². The lowest BCUT2D eigenvalue weighted by Gasteiger charge is -2.58. The molecule has 1 aromatic carbocycles. The number of nitrogens with zero attached hydrogens (tertiary/aromatic N) is 5. The molecule has 3 heterocycles. The van der Waals surface area contributed by atoms with E-state index in [0.29, 0.717) is 41.4 Å². The Balaban J connectivity index is 1.11. The number of benzene rings is 1. The lowest BCUT2D eigenvalue weighted by atomic mass is 9.49. The molecule has 7 heteroatoms. The fraction of sp³-hybridized carbons (Fsp3) is 0.784. The number of nitrogens with one attached hydrogen (secondary N) is 1. The molecule has 6 fully saturated rings. The Morgan fingerprint density at radius 2 is 1.59 bits per heavy atom. The monoisotopic (exact) mass is 601 g/mol. The third-order valence-corrected chi connectivity index (χ3v) is 12.8. The quantitative estimate of drug-likeness (QED) is 0.350. The highest BCUT2D eigenvalue weighted by Crippen LogP contribution is 2.60. The van der Waals surface area contributed by atoms with E-state index in [1.54, 1.807) is 0 Å². The van der Waals surface area contributed by atoms with Crippen molar-refractivity contribution in [2.24, 2.45) is 45.7 Å². The first-order valence-electron chi connectivity index (χ1n) is 18.1. The molecule has 4 atom stereocenters. The topological polar surface area (TPSA) is 75.2 Å². The third-order valence-electron chi connectivity index (χ3n) is 12.8. The van der Waals surface area contributed by atoms with E-state index in [-0.39, 0.29) is 0 Å². The van der Waals surface area contributed by atoms with Crippen molar-refractivity contribution in [1.29, 1.82) is 5.41 Å². The van der Waals surface area contributed by atoms with Crippen LogP contribution in [0.1, 0.15) is 84.6 Å². The Morgan fingerprint density at radius 3 is 2.23 bits per heavy atom. The van der Waals surface area contributed by atoms with E-state index in [2.05, 4.69) is 82.6 Å². The largest absolute Gasteiger partial charge is 0.370 e. The molecular formula is C37H59N7. The van der Waals surface area contributed by atoms with Crippen molar-refractivity contribution in [1.82, 2.24) is 19.6 Å². The SMILES string of the molecule is CC(C)[C@@H]1CN([C@H](Cc2ccccc2)CN2CCC[C@H]2CN2C(N)=NC[C@H]2C(C)C)C(=N)N1CC12CC3CC(CC(C3)C1)C2. The Bertz CT molecular complexity index is 1160. The minimum absolute atomic E-state index is 0.290. The zero-order chi connectivity index (χ0) is 30.6. The molecule has 0 aromatic heterocycles. The van der Waals surface area contributed by atoms with Crippen LogP contribution in [-0.4, -0.2) is 95.0 Å². The Labute approximate surface area is 267 Å². The van der Waals surface area contributed by atoms with Gasteiger partial charge in [0.25, 0.3) is 0 Å². The molecule has 4 saturated carbocycles. The van der Waals surface area contributed by atoms with Gasteiger partial charge in [-0.1, -0.05) is 58.0 Å². The van der Waals surface area contributed by atoms with Gasteiger partial charge in [0.1, 0.15) is 0 Å². The van der Waals surface area contributed by atoms with Gasteiger partial charge in [-0.15, -0.1) is 0 Å². The molecule has 3 N–H and O–H groups in total. The molecule has 3 aliphatic heterocycles. The molecule has 242 valence electrons. The van der Waals surface area contributed by atoms with Crippen molar-refractivity contribution in [3.63, 3.8) is 0 Å². The molecule has 7 aliphatic rings. The van der Waals surface area contributed by atoms with Crippen molar-refractivity contribution in [3.05, 3.63) is 35.9 Å². The van der Waals surface area contributed by atoms with Gasteiger partial charge in [-0.25, -0.2) is 0 Å². The lowest BCUT2D eigenvalue weighted by molar-refractivity contribution is -0.0648. The molecule has 7 nitrogen and oxygen atoms in total. The van der Waals surface area contributed by atoms with Crippen molar-refractivity contribution in [2.75, 3.05) is 39.3 Å². The second-order valence-electron chi connectivity index (χ2n) is 16.6. The molecule has 1 aromatic rings. The zero-order valence-corrected chi connectivity index (χ0v) is 28.0. The van der Waals surface area contributed by atoms with Crippen LogP contribution in [0.4, 0.5) is 0 Å². The van der Waals surface area contributed by atoms with Gasteiger partial charge in [0, 0.05) is 38.3 Å². The molecule has 4 aliphatic carbocycles. The van der Waals surface area contributed by atoms with Gasteiger partial charge in [-0.3, -0.25) is 15.3 Å². The van der Waals surface area contributed by atoms with Crippen molar-refractivity contribution >= 4 is 11.9 Å². The highest BCUT2D eigenvalue weighted by Gasteiger charge is 2.53. The van der Waals surface area contributed by atoms with E-state index in [1.807, 2.05) is 0 Å². The Hall–Kier alpha value is -2.28. The minimum Gasteiger partial charge on any atom is -0.370 e. The number of hydrogen-bond donors (Lipinski definition) is 2. The first-order chi connectivity index (χ1) is 21.2. The van der Waals surface area contributed by atoms with Gasteiger partial charge in [0.15, 0.2) is 11.9 Å². The second kappa shape index (κ2) is 12.1. The fourth-order valence-electron chi connectivity index (χ4n) is 11.0. The van der Waals surface area contributed by atoms with Crippen LogP contribution in [0.3, 0.4) is 0 Å². The summed E-state index contributed by atoms with van der Waals surface area (Å²) in [7, 11) is 0. The van der Waals surface area contributed by atoms with Crippen LogP contribution in [-0.2, 0) is 6.42 Å². The maximum absolute atomic E-state index is 9.79. The number of hydrogen-bond acceptors (Lipinski definition) is 5. The van der Waals surface area contributed by atoms with Crippen molar-refractivity contribution in [3.8, 4) is 0 Å². The first kappa shape index (κ1) is 30.4. The van der Waals surface area contributed by atoms with Gasteiger partial charge in [0.2, 0.25) is 0 Å². The van der Waals surface area contributed by atoms with Crippen LogP contribution in [0.2, 0.25) is 0 Å². The normalized spacial score (nSPS) is 36.0. The summed E-state index contributed by atoms with van der Waals surface area (Å²) in [4.78, 5) is 14.9. The highest BCUT2D eigenvalue weighted by molar-refractivity contribution is 5.80. The number of aliphatic imine (C=N–C) groups is 1. The van der Waals surface area contributed by atoms with E-state index in [4.69, 9.17) is 5.73 Å². The molecule has 0 amide bonds. The predicted octanol–water partition coefficient (Wildman–Crippen LogP) is 5.51. The summed E-state index contributed by atoms with van der Waals surface area (Å²) in [6.07, 6.45) is 12.1. The van der Waals surface area contributed by atoms with E-state index < -0.39 is 0 Å². The number of likely N-dealkylation sites (tertiary alicyclic amines) is 1. The number of nitrogens with two attached hydrogens (primary N) is 1. The summed E-state index contributed by atoms with van der Waals surface area (Å²) in [5, 5.41) is 9.79. The van der Waals surface area contributed by atoms with Gasteiger partial charge in [-0.2, -0.15) is 0 Å². The lowest BCUT2D eigenvalue weighted by Crippen LogP contribution is -2.54. The number of rotatable bonds is 11. The summed E-state index contributed by atoms with van der Waals surface area (Å²) in [5.74, 6) is 5.48. The van der Waals surface area contributed by atoms with Gasteiger partial charge < -0.3 is 20.4 Å². The van der Waals surface area contributed by atoms with E-state index in [9.17, 15) is 5.41 Å². The Morgan fingerprint density at radius 1 is 0.932 bits per heavy atom. The molecule has 0 unspecified atom stereocenters. The van der Waals surface area contributed by atoms with Gasteiger partial charge in [0.05, 0.1) is 18.6 Å². The van der Waals surface area contributed by atoms with E-state index in [0.717, 1.165) is 75.4 Å². The summed E-state index contributed by atoms with van der Waals surface area (Å²) in [5.41, 5.74) is 8.28. The average molecular weight is 602 g/mol. The molecule has 44 heavy (non-hydrogen) atoms.